The maximum Gasteiger partial charge on any atom is 0.490 e. The van der Waals surface area contributed by atoms with E-state index in [1.807, 2.05) is 18.7 Å². The molecule has 2 heterocycles. The zero-order chi connectivity index (χ0) is 26.2. The second-order valence-electron chi connectivity index (χ2n) is 7.41. The SMILES string of the molecule is CCNC(=O)c1cc(NS(=O)(=O)c2ccc(C)cc2)cnc1N1CCNCC1.O=C(O)C(F)(F)F. The van der Waals surface area contributed by atoms with Crippen molar-refractivity contribution in [1.82, 2.24) is 15.6 Å². The van der Waals surface area contributed by atoms with Gasteiger partial charge in [-0.2, -0.15) is 13.2 Å². The van der Waals surface area contributed by atoms with Gasteiger partial charge in [0.05, 0.1) is 22.3 Å². The molecule has 1 saturated heterocycles. The summed E-state index contributed by atoms with van der Waals surface area (Å²) in [6, 6.07) is 8.11. The molecule has 0 bridgehead atoms. The molecule has 3 rings (SSSR count). The lowest BCUT2D eigenvalue weighted by molar-refractivity contribution is -0.192. The van der Waals surface area contributed by atoms with Gasteiger partial charge in [-0.25, -0.2) is 18.2 Å². The number of aliphatic carboxylic acids is 1. The Morgan fingerprint density at radius 3 is 2.26 bits per heavy atom. The maximum absolute atomic E-state index is 12.6. The van der Waals surface area contributed by atoms with E-state index < -0.39 is 22.2 Å². The first-order valence-electron chi connectivity index (χ1n) is 10.5. The van der Waals surface area contributed by atoms with Gasteiger partial charge >= 0.3 is 12.1 Å². The summed E-state index contributed by atoms with van der Waals surface area (Å²) in [4.78, 5) is 28.1. The molecule has 0 atom stereocenters. The minimum atomic E-state index is -5.08. The van der Waals surface area contributed by atoms with Crippen molar-refractivity contribution in [3.63, 3.8) is 0 Å². The molecule has 1 amide bonds. The summed E-state index contributed by atoms with van der Waals surface area (Å²) in [5, 5.41) is 13.2. The van der Waals surface area contributed by atoms with E-state index in [1.165, 1.54) is 6.20 Å². The molecule has 1 aliphatic heterocycles. The van der Waals surface area contributed by atoms with Crippen molar-refractivity contribution in [2.75, 3.05) is 42.3 Å². The van der Waals surface area contributed by atoms with Crippen LogP contribution in [0.3, 0.4) is 0 Å². The van der Waals surface area contributed by atoms with Crippen molar-refractivity contribution >= 4 is 33.4 Å². The molecular formula is C21H26F3N5O5S. The van der Waals surface area contributed by atoms with Gasteiger partial charge in [0.15, 0.2) is 0 Å². The Labute approximate surface area is 200 Å². The van der Waals surface area contributed by atoms with Crippen LogP contribution in [-0.2, 0) is 14.8 Å². The quantitative estimate of drug-likeness (QED) is 0.456. The molecule has 35 heavy (non-hydrogen) atoms. The Morgan fingerprint density at radius 2 is 1.74 bits per heavy atom. The van der Waals surface area contributed by atoms with E-state index in [-0.39, 0.29) is 16.5 Å². The fourth-order valence-corrected chi connectivity index (χ4v) is 4.03. The first-order chi connectivity index (χ1) is 16.3. The molecule has 0 aliphatic carbocycles. The van der Waals surface area contributed by atoms with Gasteiger partial charge in [0.25, 0.3) is 15.9 Å². The number of anilines is 2. The van der Waals surface area contributed by atoms with Crippen LogP contribution in [0.4, 0.5) is 24.7 Å². The van der Waals surface area contributed by atoms with E-state index in [0.717, 1.165) is 31.7 Å². The first-order valence-corrected chi connectivity index (χ1v) is 12.0. The zero-order valence-corrected chi connectivity index (χ0v) is 19.8. The number of carbonyl (C=O) groups is 2. The molecule has 1 aliphatic rings. The van der Waals surface area contributed by atoms with Gasteiger partial charge in [-0.3, -0.25) is 9.52 Å². The van der Waals surface area contributed by atoms with Gasteiger partial charge in [0.1, 0.15) is 5.82 Å². The van der Waals surface area contributed by atoms with E-state index in [1.54, 1.807) is 30.3 Å². The smallest absolute Gasteiger partial charge is 0.475 e. The van der Waals surface area contributed by atoms with Gasteiger partial charge in [0.2, 0.25) is 0 Å². The van der Waals surface area contributed by atoms with Crippen molar-refractivity contribution in [1.29, 1.82) is 0 Å². The number of pyridine rings is 1. The maximum atomic E-state index is 12.6. The van der Waals surface area contributed by atoms with Gasteiger partial charge in [-0.1, -0.05) is 17.7 Å². The standard InChI is InChI=1S/C19H25N5O3S.C2HF3O2/c1-3-21-19(25)17-12-15(13-22-18(17)24-10-8-20-9-11-24)23-28(26,27)16-6-4-14(2)5-7-16;3-2(4,5)1(6)7/h4-7,12-13,20,23H,3,8-11H2,1-2H3,(H,21,25);(H,6,7). The Morgan fingerprint density at radius 1 is 1.17 bits per heavy atom. The molecule has 0 radical (unpaired) electrons. The average Bonchev–Trinajstić information content (AvgIpc) is 2.79. The minimum absolute atomic E-state index is 0.156. The summed E-state index contributed by atoms with van der Waals surface area (Å²) in [5.74, 6) is -2.47. The molecule has 10 nitrogen and oxygen atoms in total. The van der Waals surface area contributed by atoms with Crippen LogP contribution in [0.25, 0.3) is 0 Å². The van der Waals surface area contributed by atoms with Crippen molar-refractivity contribution in [2.45, 2.75) is 24.9 Å². The van der Waals surface area contributed by atoms with E-state index in [9.17, 15) is 26.4 Å². The zero-order valence-electron chi connectivity index (χ0n) is 19.0. The Hall–Kier alpha value is -3.39. The Bertz CT molecular complexity index is 1140. The molecule has 0 saturated carbocycles. The predicted molar refractivity (Wildman–Crippen MR) is 123 cm³/mol. The van der Waals surface area contributed by atoms with Gasteiger partial charge in [-0.15, -0.1) is 0 Å². The summed E-state index contributed by atoms with van der Waals surface area (Å²) in [6.07, 6.45) is -3.63. The van der Waals surface area contributed by atoms with Crippen LogP contribution >= 0.6 is 0 Å². The molecule has 14 heteroatoms. The molecule has 1 fully saturated rings. The van der Waals surface area contributed by atoms with Crippen LogP contribution in [0.1, 0.15) is 22.8 Å². The largest absolute Gasteiger partial charge is 0.490 e. The van der Waals surface area contributed by atoms with Crippen molar-refractivity contribution < 1.29 is 36.3 Å². The number of nitrogens with zero attached hydrogens (tertiary/aromatic N) is 2. The molecule has 0 spiro atoms. The number of aromatic nitrogens is 1. The number of carbonyl (C=O) groups excluding carboxylic acids is 1. The highest BCUT2D eigenvalue weighted by molar-refractivity contribution is 7.92. The molecule has 4 N–H and O–H groups in total. The molecule has 192 valence electrons. The van der Waals surface area contributed by atoms with E-state index in [2.05, 4.69) is 20.3 Å². The average molecular weight is 518 g/mol. The number of aryl methyl sites for hydroxylation is 1. The number of nitrogens with one attached hydrogen (secondary N) is 3. The van der Waals surface area contributed by atoms with Crippen LogP contribution in [0.2, 0.25) is 0 Å². The van der Waals surface area contributed by atoms with Crippen LogP contribution in [0.15, 0.2) is 41.4 Å². The molecule has 2 aromatic rings. The summed E-state index contributed by atoms with van der Waals surface area (Å²) in [7, 11) is -3.77. The highest BCUT2D eigenvalue weighted by Gasteiger charge is 2.38. The highest BCUT2D eigenvalue weighted by atomic mass is 32.2. The number of carboxylic acids is 1. The highest BCUT2D eigenvalue weighted by Crippen LogP contribution is 2.24. The lowest BCUT2D eigenvalue weighted by Gasteiger charge is -2.30. The molecule has 1 aromatic heterocycles. The number of hydrogen-bond acceptors (Lipinski definition) is 7. The lowest BCUT2D eigenvalue weighted by Crippen LogP contribution is -2.44. The fourth-order valence-electron chi connectivity index (χ4n) is 3.00. The van der Waals surface area contributed by atoms with Gasteiger partial charge < -0.3 is 20.6 Å². The number of halogens is 3. The van der Waals surface area contributed by atoms with E-state index in [0.29, 0.717) is 17.9 Å². The second kappa shape index (κ2) is 11.8. The fraction of sp³-hybridized carbons (Fsp3) is 0.381. The van der Waals surface area contributed by atoms with Crippen LogP contribution in [0, 0.1) is 6.92 Å². The summed E-state index contributed by atoms with van der Waals surface area (Å²) < 4.78 is 59.6. The summed E-state index contributed by atoms with van der Waals surface area (Å²) in [6.45, 7) is 7.26. The third-order valence-electron chi connectivity index (χ3n) is 4.69. The normalized spacial score (nSPS) is 13.9. The third kappa shape index (κ3) is 8.10. The summed E-state index contributed by atoms with van der Waals surface area (Å²) >= 11 is 0. The Balaban J connectivity index is 0.000000540. The predicted octanol–water partition coefficient (Wildman–Crippen LogP) is 1.98. The number of rotatable bonds is 6. The number of piperazine rings is 1. The molecule has 1 aromatic carbocycles. The van der Waals surface area contributed by atoms with Crippen molar-refractivity contribution in [2.24, 2.45) is 0 Å². The lowest BCUT2D eigenvalue weighted by atomic mass is 10.2. The number of amides is 1. The summed E-state index contributed by atoms with van der Waals surface area (Å²) in [5.41, 5.74) is 1.58. The van der Waals surface area contributed by atoms with E-state index in [4.69, 9.17) is 9.90 Å². The third-order valence-corrected chi connectivity index (χ3v) is 6.09. The topological polar surface area (TPSA) is 141 Å². The van der Waals surface area contributed by atoms with Crippen molar-refractivity contribution in [3.8, 4) is 0 Å². The monoisotopic (exact) mass is 517 g/mol. The van der Waals surface area contributed by atoms with Gasteiger partial charge in [-0.05, 0) is 32.0 Å². The van der Waals surface area contributed by atoms with Crippen LogP contribution in [0.5, 0.6) is 0 Å². The number of benzene rings is 1. The molecular weight excluding hydrogens is 491 g/mol. The van der Waals surface area contributed by atoms with E-state index >= 15 is 0 Å². The number of alkyl halides is 3. The van der Waals surface area contributed by atoms with Crippen LogP contribution in [-0.4, -0.2) is 69.3 Å². The van der Waals surface area contributed by atoms with Gasteiger partial charge in [0, 0.05) is 32.7 Å². The minimum Gasteiger partial charge on any atom is -0.475 e. The second-order valence-corrected chi connectivity index (χ2v) is 9.10. The number of sulfonamides is 1. The Kier molecular flexibility index (Phi) is 9.42. The van der Waals surface area contributed by atoms with Crippen LogP contribution < -0.4 is 20.3 Å². The first kappa shape index (κ1) is 27.9. The van der Waals surface area contributed by atoms with Crippen molar-refractivity contribution in [3.05, 3.63) is 47.7 Å². The number of hydrogen-bond donors (Lipinski definition) is 4. The molecule has 0 unspecified atom stereocenters. The number of carboxylic acid groups (broad SMARTS) is 1.